The van der Waals surface area contributed by atoms with E-state index in [4.69, 9.17) is 16.3 Å². The Morgan fingerprint density at radius 3 is 2.60 bits per heavy atom. The molecule has 0 aliphatic heterocycles. The average Bonchev–Trinajstić information content (AvgIpc) is 3.19. The number of ether oxygens (including phenoxy) is 1. The molecule has 6 heteroatoms. The third-order valence-electron chi connectivity index (χ3n) is 4.73. The summed E-state index contributed by atoms with van der Waals surface area (Å²) in [5, 5.41) is 4.18. The van der Waals surface area contributed by atoms with E-state index in [1.54, 1.807) is 18.3 Å². The highest BCUT2D eigenvalue weighted by molar-refractivity contribution is 7.15. The average molecular weight is 443 g/mol. The Balaban J connectivity index is 1.48. The molecule has 1 aromatic heterocycles. The smallest absolute Gasteiger partial charge is 0.257 e. The standard InChI is InChI=1S/C24H27ClN2O2S/c1-2-3-4-5-8-15-29-20-13-11-18(12-14-20)23(28)27-24-26-17-21(30-24)16-19-9-6-7-10-22(19)25/h6-7,9-14,17H,2-5,8,15-16H2,1H3,(H,26,27,28). The molecule has 0 fully saturated rings. The number of benzene rings is 2. The molecule has 0 aliphatic carbocycles. The van der Waals surface area contributed by atoms with Gasteiger partial charge in [-0.3, -0.25) is 10.1 Å². The van der Waals surface area contributed by atoms with Crippen molar-refractivity contribution in [2.75, 3.05) is 11.9 Å². The van der Waals surface area contributed by atoms with Gasteiger partial charge in [-0.2, -0.15) is 0 Å². The Labute approximate surface area is 187 Å². The van der Waals surface area contributed by atoms with Crippen LogP contribution in [0.4, 0.5) is 5.13 Å². The van der Waals surface area contributed by atoms with Crippen molar-refractivity contribution in [1.82, 2.24) is 4.98 Å². The summed E-state index contributed by atoms with van der Waals surface area (Å²) in [6, 6.07) is 15.0. The highest BCUT2D eigenvalue weighted by atomic mass is 35.5. The van der Waals surface area contributed by atoms with Crippen LogP contribution in [0.3, 0.4) is 0 Å². The summed E-state index contributed by atoms with van der Waals surface area (Å²) in [4.78, 5) is 17.9. The van der Waals surface area contributed by atoms with Crippen LogP contribution in [0.25, 0.3) is 0 Å². The fraction of sp³-hybridized carbons (Fsp3) is 0.333. The second-order valence-electron chi connectivity index (χ2n) is 7.14. The predicted molar refractivity (Wildman–Crippen MR) is 125 cm³/mol. The molecule has 1 heterocycles. The Kier molecular flexibility index (Phi) is 8.72. The van der Waals surface area contributed by atoms with Crippen molar-refractivity contribution >= 4 is 34.0 Å². The minimum Gasteiger partial charge on any atom is -0.494 e. The molecule has 4 nitrogen and oxygen atoms in total. The van der Waals surface area contributed by atoms with Gasteiger partial charge in [-0.1, -0.05) is 62.4 Å². The van der Waals surface area contributed by atoms with Gasteiger partial charge in [0.15, 0.2) is 5.13 Å². The van der Waals surface area contributed by atoms with Gasteiger partial charge in [0.05, 0.1) is 6.61 Å². The summed E-state index contributed by atoms with van der Waals surface area (Å²) < 4.78 is 5.76. The van der Waals surface area contributed by atoms with Crippen molar-refractivity contribution in [1.29, 1.82) is 0 Å². The van der Waals surface area contributed by atoms with E-state index in [-0.39, 0.29) is 5.91 Å². The zero-order chi connectivity index (χ0) is 21.2. The van der Waals surface area contributed by atoms with E-state index in [1.165, 1.54) is 37.0 Å². The molecule has 0 bridgehead atoms. The van der Waals surface area contributed by atoms with Crippen LogP contribution >= 0.6 is 22.9 Å². The third-order valence-corrected chi connectivity index (χ3v) is 6.01. The van der Waals surface area contributed by atoms with E-state index in [1.807, 2.05) is 36.4 Å². The lowest BCUT2D eigenvalue weighted by molar-refractivity contribution is 0.102. The van der Waals surface area contributed by atoms with Crippen molar-refractivity contribution in [3.05, 3.63) is 75.8 Å². The van der Waals surface area contributed by atoms with Gasteiger partial charge in [0.2, 0.25) is 0 Å². The molecule has 0 spiro atoms. The van der Waals surface area contributed by atoms with Gasteiger partial charge in [-0.05, 0) is 42.3 Å². The summed E-state index contributed by atoms with van der Waals surface area (Å²) >= 11 is 7.68. The number of thiazole rings is 1. The van der Waals surface area contributed by atoms with Crippen LogP contribution < -0.4 is 10.1 Å². The molecule has 0 unspecified atom stereocenters. The molecule has 30 heavy (non-hydrogen) atoms. The molecule has 2 aromatic carbocycles. The number of carbonyl (C=O) groups is 1. The summed E-state index contributed by atoms with van der Waals surface area (Å²) in [6.07, 6.45) is 8.51. The maximum atomic E-state index is 12.5. The largest absolute Gasteiger partial charge is 0.494 e. The first-order chi connectivity index (χ1) is 14.7. The number of amides is 1. The Hall–Kier alpha value is -2.37. The van der Waals surface area contributed by atoms with Crippen LogP contribution in [0.5, 0.6) is 5.75 Å². The van der Waals surface area contributed by atoms with Crippen molar-refractivity contribution in [3.63, 3.8) is 0 Å². The number of aromatic nitrogens is 1. The summed E-state index contributed by atoms with van der Waals surface area (Å²) in [7, 11) is 0. The van der Waals surface area contributed by atoms with Crippen LogP contribution in [0, 0.1) is 0 Å². The van der Waals surface area contributed by atoms with Crippen LogP contribution in [0.2, 0.25) is 5.02 Å². The van der Waals surface area contributed by atoms with E-state index in [9.17, 15) is 4.79 Å². The fourth-order valence-electron chi connectivity index (χ4n) is 3.04. The Morgan fingerprint density at radius 1 is 1.07 bits per heavy atom. The van der Waals surface area contributed by atoms with Gasteiger partial charge in [0.25, 0.3) is 5.91 Å². The van der Waals surface area contributed by atoms with Gasteiger partial charge in [-0.15, -0.1) is 11.3 Å². The monoisotopic (exact) mass is 442 g/mol. The van der Waals surface area contributed by atoms with Gasteiger partial charge >= 0.3 is 0 Å². The normalized spacial score (nSPS) is 10.7. The van der Waals surface area contributed by atoms with Crippen molar-refractivity contribution in [2.45, 2.75) is 45.4 Å². The number of rotatable bonds is 11. The van der Waals surface area contributed by atoms with Crippen LogP contribution in [0.15, 0.2) is 54.7 Å². The first-order valence-electron chi connectivity index (χ1n) is 10.4. The highest BCUT2D eigenvalue weighted by Gasteiger charge is 2.10. The minimum absolute atomic E-state index is 0.181. The van der Waals surface area contributed by atoms with Crippen molar-refractivity contribution in [3.8, 4) is 5.75 Å². The Morgan fingerprint density at radius 2 is 1.83 bits per heavy atom. The lowest BCUT2D eigenvalue weighted by Crippen LogP contribution is -2.11. The third kappa shape index (κ3) is 6.85. The molecule has 0 aliphatic rings. The van der Waals surface area contributed by atoms with Crippen molar-refractivity contribution < 1.29 is 9.53 Å². The quantitative estimate of drug-likeness (QED) is 0.325. The van der Waals surface area contributed by atoms with E-state index in [2.05, 4.69) is 17.2 Å². The van der Waals surface area contributed by atoms with Gasteiger partial charge in [0, 0.05) is 28.1 Å². The summed E-state index contributed by atoms with van der Waals surface area (Å²) in [5.41, 5.74) is 1.62. The second kappa shape index (κ2) is 11.7. The molecule has 1 N–H and O–H groups in total. The Bertz CT molecular complexity index is 940. The molecule has 0 saturated heterocycles. The van der Waals surface area contributed by atoms with E-state index >= 15 is 0 Å². The number of unbranched alkanes of at least 4 members (excludes halogenated alkanes) is 4. The predicted octanol–water partition coefficient (Wildman–Crippen LogP) is 6.99. The number of halogens is 1. The SMILES string of the molecule is CCCCCCCOc1ccc(C(=O)Nc2ncc(Cc3ccccc3Cl)s2)cc1. The summed E-state index contributed by atoms with van der Waals surface area (Å²) in [6.45, 7) is 2.92. The van der Waals surface area contributed by atoms with Crippen LogP contribution in [-0.2, 0) is 6.42 Å². The van der Waals surface area contributed by atoms with Gasteiger partial charge in [-0.25, -0.2) is 4.98 Å². The molecular weight excluding hydrogens is 416 g/mol. The maximum Gasteiger partial charge on any atom is 0.257 e. The molecule has 0 radical (unpaired) electrons. The number of carbonyl (C=O) groups excluding carboxylic acids is 1. The first kappa shape index (κ1) is 22.3. The lowest BCUT2D eigenvalue weighted by atomic mass is 10.1. The lowest BCUT2D eigenvalue weighted by Gasteiger charge is -2.07. The molecule has 3 rings (SSSR count). The molecule has 158 valence electrons. The van der Waals surface area contributed by atoms with Gasteiger partial charge in [0.1, 0.15) is 5.75 Å². The highest BCUT2D eigenvalue weighted by Crippen LogP contribution is 2.25. The molecule has 0 atom stereocenters. The molecular formula is C24H27ClN2O2S. The number of nitrogens with zero attached hydrogens (tertiary/aromatic N) is 1. The van der Waals surface area contributed by atoms with Crippen LogP contribution in [-0.4, -0.2) is 17.5 Å². The number of anilines is 1. The topological polar surface area (TPSA) is 51.2 Å². The van der Waals surface area contributed by atoms with Gasteiger partial charge < -0.3 is 4.74 Å². The number of hydrogen-bond donors (Lipinski definition) is 1. The zero-order valence-corrected chi connectivity index (χ0v) is 18.8. The van der Waals surface area contributed by atoms with E-state index in [0.717, 1.165) is 27.6 Å². The zero-order valence-electron chi connectivity index (χ0n) is 17.2. The number of hydrogen-bond acceptors (Lipinski definition) is 4. The second-order valence-corrected chi connectivity index (χ2v) is 8.66. The first-order valence-corrected chi connectivity index (χ1v) is 11.6. The van der Waals surface area contributed by atoms with Crippen LogP contribution in [0.1, 0.15) is 59.8 Å². The fourth-order valence-corrected chi connectivity index (χ4v) is 4.08. The number of nitrogens with one attached hydrogen (secondary N) is 1. The summed E-state index contributed by atoms with van der Waals surface area (Å²) in [5.74, 6) is 0.609. The van der Waals surface area contributed by atoms with Crippen molar-refractivity contribution in [2.24, 2.45) is 0 Å². The van der Waals surface area contributed by atoms with E-state index in [0.29, 0.717) is 23.7 Å². The molecule has 0 saturated carbocycles. The molecule has 3 aromatic rings. The minimum atomic E-state index is -0.181. The van der Waals surface area contributed by atoms with E-state index < -0.39 is 0 Å². The maximum absolute atomic E-state index is 12.5. The molecule has 1 amide bonds.